The van der Waals surface area contributed by atoms with E-state index in [0.29, 0.717) is 23.3 Å². The lowest BCUT2D eigenvalue weighted by atomic mass is 10.1. The second kappa shape index (κ2) is 7.84. The van der Waals surface area contributed by atoms with Gasteiger partial charge in [0, 0.05) is 11.3 Å². The summed E-state index contributed by atoms with van der Waals surface area (Å²) in [4.78, 5) is 4.60. The van der Waals surface area contributed by atoms with Crippen molar-refractivity contribution in [3.63, 3.8) is 0 Å². The number of para-hydroxylation sites is 2. The highest BCUT2D eigenvalue weighted by Gasteiger charge is 2.27. The Morgan fingerprint density at radius 2 is 1.89 bits per heavy atom. The Morgan fingerprint density at radius 1 is 1.07 bits per heavy atom. The van der Waals surface area contributed by atoms with E-state index >= 15 is 0 Å². The Labute approximate surface area is 162 Å². The molecule has 0 bridgehead atoms. The van der Waals surface area contributed by atoms with Crippen LogP contribution in [-0.2, 0) is 0 Å². The Balaban J connectivity index is 1.83. The zero-order valence-electron chi connectivity index (χ0n) is 15.2. The summed E-state index contributed by atoms with van der Waals surface area (Å²) in [5, 5.41) is 12.7. The minimum absolute atomic E-state index is 0.452. The second-order valence-electron chi connectivity index (χ2n) is 5.84. The van der Waals surface area contributed by atoms with Crippen LogP contribution in [0.1, 0.15) is 25.6 Å². The molecule has 27 heavy (non-hydrogen) atoms. The van der Waals surface area contributed by atoms with Crippen LogP contribution in [0.25, 0.3) is 11.3 Å². The molecule has 3 aromatic rings. The number of anilines is 1. The molecule has 1 atom stereocenters. The fourth-order valence-corrected chi connectivity index (χ4v) is 3.47. The predicted molar refractivity (Wildman–Crippen MR) is 106 cm³/mol. The minimum Gasteiger partial charge on any atom is -0.493 e. The third kappa shape index (κ3) is 3.55. The van der Waals surface area contributed by atoms with Crippen molar-refractivity contribution in [3.8, 4) is 22.9 Å². The Kier molecular flexibility index (Phi) is 5.11. The molecule has 0 amide bonds. The molecule has 1 aliphatic rings. The molecule has 2 aromatic carbocycles. The molecule has 0 fully saturated rings. The first kappa shape index (κ1) is 17.6. The summed E-state index contributed by atoms with van der Waals surface area (Å²) in [6.07, 6.45) is -0.452. The van der Waals surface area contributed by atoms with Gasteiger partial charge in [-0.1, -0.05) is 49.0 Å². The number of benzene rings is 2. The van der Waals surface area contributed by atoms with E-state index < -0.39 is 6.23 Å². The molecule has 1 aromatic heterocycles. The normalized spacial score (nSPS) is 15.0. The van der Waals surface area contributed by atoms with Crippen LogP contribution in [0.2, 0.25) is 0 Å². The maximum Gasteiger partial charge on any atom is 0.247 e. The standard InChI is InChI=1S/C20H20N4O2S/c1-3-25-16-12-8-6-10-14(16)18-21-15-11-7-5-9-13(15)17-19(26-18)22-20(24-23-17)27-4-2/h5-12,18,21H,3-4H2,1-2H3/t18-/m0/s1. The maximum absolute atomic E-state index is 6.28. The van der Waals surface area contributed by atoms with E-state index in [9.17, 15) is 0 Å². The lowest BCUT2D eigenvalue weighted by Crippen LogP contribution is -2.18. The first-order chi connectivity index (χ1) is 13.3. The number of ether oxygens (including phenoxy) is 2. The van der Waals surface area contributed by atoms with Gasteiger partial charge in [0.15, 0.2) is 5.69 Å². The van der Waals surface area contributed by atoms with Crippen molar-refractivity contribution >= 4 is 17.4 Å². The fourth-order valence-electron chi connectivity index (χ4n) is 2.96. The van der Waals surface area contributed by atoms with Crippen molar-refractivity contribution in [2.75, 3.05) is 17.7 Å². The highest BCUT2D eigenvalue weighted by molar-refractivity contribution is 7.99. The molecular formula is C20H20N4O2S. The SMILES string of the molecule is CCOc1ccccc1[C@H]1Nc2ccccc2-c2nnc(SCC)nc2O1. The van der Waals surface area contributed by atoms with Gasteiger partial charge in [0.05, 0.1) is 12.2 Å². The molecule has 4 rings (SSSR count). The summed E-state index contributed by atoms with van der Waals surface area (Å²) in [6, 6.07) is 15.8. The Morgan fingerprint density at radius 3 is 2.74 bits per heavy atom. The summed E-state index contributed by atoms with van der Waals surface area (Å²) in [7, 11) is 0. The van der Waals surface area contributed by atoms with Crippen LogP contribution in [-0.4, -0.2) is 27.5 Å². The Bertz CT molecular complexity index is 951. The van der Waals surface area contributed by atoms with E-state index in [-0.39, 0.29) is 0 Å². The summed E-state index contributed by atoms with van der Waals surface area (Å²) in [5.41, 5.74) is 3.37. The highest BCUT2D eigenvalue weighted by atomic mass is 32.2. The molecule has 1 N–H and O–H groups in total. The number of aromatic nitrogens is 3. The molecular weight excluding hydrogens is 360 g/mol. The molecule has 7 heteroatoms. The lowest BCUT2D eigenvalue weighted by Gasteiger charge is -2.21. The summed E-state index contributed by atoms with van der Waals surface area (Å²) in [6.45, 7) is 4.60. The van der Waals surface area contributed by atoms with Gasteiger partial charge in [-0.2, -0.15) is 4.98 Å². The van der Waals surface area contributed by atoms with E-state index in [0.717, 1.165) is 28.3 Å². The largest absolute Gasteiger partial charge is 0.493 e. The smallest absolute Gasteiger partial charge is 0.247 e. The number of fused-ring (bicyclic) bond motifs is 3. The lowest BCUT2D eigenvalue weighted by molar-refractivity contribution is 0.217. The zero-order valence-corrected chi connectivity index (χ0v) is 16.0. The zero-order chi connectivity index (χ0) is 18.6. The van der Waals surface area contributed by atoms with E-state index in [1.165, 1.54) is 11.8 Å². The van der Waals surface area contributed by atoms with Crippen molar-refractivity contribution in [1.82, 2.24) is 15.2 Å². The van der Waals surface area contributed by atoms with E-state index in [2.05, 4.69) is 27.4 Å². The number of nitrogens with zero attached hydrogens (tertiary/aromatic N) is 3. The van der Waals surface area contributed by atoms with Crippen LogP contribution < -0.4 is 14.8 Å². The Hall–Kier alpha value is -2.80. The summed E-state index contributed by atoms with van der Waals surface area (Å²) < 4.78 is 12.1. The number of rotatable bonds is 5. The molecule has 2 heterocycles. The van der Waals surface area contributed by atoms with Crippen molar-refractivity contribution in [2.45, 2.75) is 25.2 Å². The van der Waals surface area contributed by atoms with E-state index in [4.69, 9.17) is 9.47 Å². The first-order valence-corrected chi connectivity index (χ1v) is 9.90. The van der Waals surface area contributed by atoms with Crippen molar-refractivity contribution < 1.29 is 9.47 Å². The first-order valence-electron chi connectivity index (χ1n) is 8.92. The maximum atomic E-state index is 6.28. The van der Waals surface area contributed by atoms with Crippen LogP contribution in [0.4, 0.5) is 5.69 Å². The molecule has 138 valence electrons. The third-order valence-electron chi connectivity index (χ3n) is 4.11. The van der Waals surface area contributed by atoms with E-state index in [1.54, 1.807) is 0 Å². The molecule has 0 aliphatic carbocycles. The number of thioether (sulfide) groups is 1. The second-order valence-corrected chi connectivity index (χ2v) is 7.07. The van der Waals surface area contributed by atoms with Gasteiger partial charge in [-0.25, -0.2) is 0 Å². The average Bonchev–Trinajstić information content (AvgIpc) is 2.85. The number of nitrogens with one attached hydrogen (secondary N) is 1. The molecule has 0 spiro atoms. The fraction of sp³-hybridized carbons (Fsp3) is 0.250. The highest BCUT2D eigenvalue weighted by Crippen LogP contribution is 2.40. The van der Waals surface area contributed by atoms with Crippen molar-refractivity contribution in [3.05, 3.63) is 54.1 Å². The third-order valence-corrected chi connectivity index (χ3v) is 4.83. The van der Waals surface area contributed by atoms with Crippen LogP contribution in [0.5, 0.6) is 11.6 Å². The van der Waals surface area contributed by atoms with E-state index in [1.807, 2.05) is 55.5 Å². The summed E-state index contributed by atoms with van der Waals surface area (Å²) in [5.74, 6) is 2.12. The van der Waals surface area contributed by atoms with Crippen LogP contribution in [0, 0.1) is 0 Å². The van der Waals surface area contributed by atoms with Gasteiger partial charge < -0.3 is 14.8 Å². The minimum atomic E-state index is -0.452. The monoisotopic (exact) mass is 380 g/mol. The molecule has 0 unspecified atom stereocenters. The van der Waals surface area contributed by atoms with Gasteiger partial charge in [-0.3, -0.25) is 0 Å². The number of hydrogen-bond acceptors (Lipinski definition) is 7. The molecule has 0 radical (unpaired) electrons. The van der Waals surface area contributed by atoms with Gasteiger partial charge in [-0.15, -0.1) is 10.2 Å². The van der Waals surface area contributed by atoms with Gasteiger partial charge in [0.1, 0.15) is 5.75 Å². The summed E-state index contributed by atoms with van der Waals surface area (Å²) >= 11 is 1.53. The van der Waals surface area contributed by atoms with Gasteiger partial charge in [0.25, 0.3) is 0 Å². The van der Waals surface area contributed by atoms with Crippen LogP contribution in [0.15, 0.2) is 53.7 Å². The predicted octanol–water partition coefficient (Wildman–Crippen LogP) is 4.55. The molecule has 0 saturated heterocycles. The van der Waals surface area contributed by atoms with Gasteiger partial charge in [0.2, 0.25) is 17.3 Å². The van der Waals surface area contributed by atoms with Crippen LogP contribution in [0.3, 0.4) is 0 Å². The van der Waals surface area contributed by atoms with Crippen molar-refractivity contribution in [2.24, 2.45) is 0 Å². The van der Waals surface area contributed by atoms with Gasteiger partial charge in [-0.05, 0) is 30.9 Å². The topological polar surface area (TPSA) is 69.2 Å². The average molecular weight is 380 g/mol. The quantitative estimate of drug-likeness (QED) is 0.651. The van der Waals surface area contributed by atoms with Gasteiger partial charge >= 0.3 is 0 Å². The molecule has 6 nitrogen and oxygen atoms in total. The molecule has 1 aliphatic heterocycles. The number of hydrogen-bond donors (Lipinski definition) is 1. The van der Waals surface area contributed by atoms with Crippen molar-refractivity contribution in [1.29, 1.82) is 0 Å². The van der Waals surface area contributed by atoms with Crippen LogP contribution >= 0.6 is 11.8 Å². The molecule has 0 saturated carbocycles.